The van der Waals surface area contributed by atoms with E-state index in [1.807, 2.05) is 0 Å². The highest BCUT2D eigenvalue weighted by Crippen LogP contribution is 2.24. The molecule has 1 aliphatic rings. The summed E-state index contributed by atoms with van der Waals surface area (Å²) >= 11 is 0. The highest BCUT2D eigenvalue weighted by molar-refractivity contribution is 5.66. The number of ether oxygens (including phenoxy) is 1. The van der Waals surface area contributed by atoms with Crippen molar-refractivity contribution in [1.29, 1.82) is 0 Å². The summed E-state index contributed by atoms with van der Waals surface area (Å²) in [6, 6.07) is 0. The summed E-state index contributed by atoms with van der Waals surface area (Å²) < 4.78 is 38.6. The Morgan fingerprint density at radius 3 is 2.33 bits per heavy atom. The van der Waals surface area contributed by atoms with Gasteiger partial charge in [0.2, 0.25) is 0 Å². The first kappa shape index (κ1) is 6.54. The third-order valence-corrected chi connectivity index (χ3v) is 0.812. The van der Waals surface area contributed by atoms with Gasteiger partial charge in [-0.3, -0.25) is 4.99 Å². The second-order valence-corrected chi connectivity index (χ2v) is 1.50. The van der Waals surface area contributed by atoms with E-state index in [0.717, 1.165) is 6.73 Å². The minimum atomic E-state index is -4.32. The maximum Gasteiger partial charge on any atom is 0.419 e. The average molecular weight is 138 g/mol. The van der Waals surface area contributed by atoms with Crippen LogP contribution in [-0.4, -0.2) is 18.5 Å². The van der Waals surface area contributed by atoms with E-state index in [9.17, 15) is 13.2 Å². The highest BCUT2D eigenvalue weighted by atomic mass is 19.4. The number of rotatable bonds is 0. The van der Waals surface area contributed by atoms with Gasteiger partial charge in [-0.1, -0.05) is 0 Å². The van der Waals surface area contributed by atoms with E-state index in [4.69, 9.17) is 0 Å². The van der Waals surface area contributed by atoms with Crippen LogP contribution in [0.5, 0.6) is 0 Å². The Balaban J connectivity index is 2.53. The van der Waals surface area contributed by atoms with Crippen molar-refractivity contribution in [3.8, 4) is 0 Å². The van der Waals surface area contributed by atoms with Crippen LogP contribution in [0, 0.1) is 6.73 Å². The highest BCUT2D eigenvalue weighted by Gasteiger charge is 2.41. The molecule has 0 aromatic rings. The Labute approximate surface area is 49.3 Å². The first-order valence-electron chi connectivity index (χ1n) is 2.18. The van der Waals surface area contributed by atoms with Gasteiger partial charge in [-0.25, -0.2) is 0 Å². The quantitative estimate of drug-likeness (QED) is 0.491. The Morgan fingerprint density at radius 2 is 2.11 bits per heavy atom. The van der Waals surface area contributed by atoms with Crippen LogP contribution in [0.1, 0.15) is 0 Å². The fourth-order valence-corrected chi connectivity index (χ4v) is 0.411. The van der Waals surface area contributed by atoms with Crippen LogP contribution in [0.3, 0.4) is 0 Å². The van der Waals surface area contributed by atoms with Crippen LogP contribution in [-0.2, 0) is 4.74 Å². The van der Waals surface area contributed by atoms with Crippen LogP contribution < -0.4 is 0 Å². The molecule has 0 aromatic carbocycles. The lowest BCUT2D eigenvalue weighted by Crippen LogP contribution is -2.29. The van der Waals surface area contributed by atoms with Crippen molar-refractivity contribution in [2.24, 2.45) is 4.99 Å². The molecule has 1 aliphatic heterocycles. The van der Waals surface area contributed by atoms with Gasteiger partial charge in [0.15, 0.2) is 12.8 Å². The molecule has 0 aliphatic carbocycles. The molecule has 1 rings (SSSR count). The van der Waals surface area contributed by atoms with Crippen molar-refractivity contribution < 1.29 is 17.9 Å². The maximum absolute atomic E-state index is 11.5. The largest absolute Gasteiger partial charge is 0.419 e. The molecular weight excluding hydrogens is 135 g/mol. The zero-order valence-electron chi connectivity index (χ0n) is 4.22. The van der Waals surface area contributed by atoms with Crippen molar-refractivity contribution in [3.63, 3.8) is 0 Å². The Bertz CT molecular complexity index is 130. The Hall–Kier alpha value is -0.580. The van der Waals surface area contributed by atoms with Crippen LogP contribution >= 0.6 is 0 Å². The van der Waals surface area contributed by atoms with Crippen molar-refractivity contribution in [3.05, 3.63) is 6.73 Å². The average Bonchev–Trinajstić information content (AvgIpc) is 2.08. The summed E-state index contributed by atoms with van der Waals surface area (Å²) in [5.41, 5.74) is 0. The SMILES string of the molecule is FC(F)(F)C1C=N[CH]O1. The van der Waals surface area contributed by atoms with E-state index in [1.165, 1.54) is 0 Å². The summed E-state index contributed by atoms with van der Waals surface area (Å²) in [4.78, 5) is 3.14. The molecule has 0 amide bonds. The number of alkyl halides is 3. The predicted molar refractivity (Wildman–Crippen MR) is 23.7 cm³/mol. The lowest BCUT2D eigenvalue weighted by Gasteiger charge is -2.09. The first-order valence-corrected chi connectivity index (χ1v) is 2.18. The minimum absolute atomic E-state index is 0.708. The lowest BCUT2D eigenvalue weighted by molar-refractivity contribution is -0.183. The fraction of sp³-hybridized carbons (Fsp3) is 0.500. The van der Waals surface area contributed by atoms with Crippen LogP contribution in [0.15, 0.2) is 4.99 Å². The van der Waals surface area contributed by atoms with Gasteiger partial charge in [-0.2, -0.15) is 13.2 Å². The van der Waals surface area contributed by atoms with Gasteiger partial charge in [-0.15, -0.1) is 0 Å². The molecule has 51 valence electrons. The summed E-state index contributed by atoms with van der Waals surface area (Å²) in [5, 5.41) is 0. The smallest absolute Gasteiger partial charge is 0.333 e. The number of aliphatic imine (C=N–C) groups is 1. The molecule has 0 N–H and O–H groups in total. The molecule has 9 heavy (non-hydrogen) atoms. The molecule has 0 aromatic heterocycles. The molecule has 1 unspecified atom stereocenters. The monoisotopic (exact) mass is 138 g/mol. The topological polar surface area (TPSA) is 21.6 Å². The molecule has 2 nitrogen and oxygen atoms in total. The fourth-order valence-electron chi connectivity index (χ4n) is 0.411. The number of hydrogen-bond donors (Lipinski definition) is 0. The van der Waals surface area contributed by atoms with Gasteiger partial charge >= 0.3 is 6.18 Å². The molecule has 0 spiro atoms. The minimum Gasteiger partial charge on any atom is -0.333 e. The summed E-state index contributed by atoms with van der Waals surface area (Å²) in [7, 11) is 0. The summed E-state index contributed by atoms with van der Waals surface area (Å²) in [5.74, 6) is 0. The second-order valence-electron chi connectivity index (χ2n) is 1.50. The van der Waals surface area contributed by atoms with Crippen molar-refractivity contribution >= 4 is 6.21 Å². The van der Waals surface area contributed by atoms with Gasteiger partial charge in [0.1, 0.15) is 0 Å². The molecule has 0 bridgehead atoms. The molecule has 1 atom stereocenters. The number of nitrogens with zero attached hydrogens (tertiary/aromatic N) is 1. The molecule has 0 saturated heterocycles. The third kappa shape index (κ3) is 1.41. The van der Waals surface area contributed by atoms with Gasteiger partial charge in [0.25, 0.3) is 0 Å². The lowest BCUT2D eigenvalue weighted by atomic mass is 10.4. The molecule has 5 heteroatoms. The van der Waals surface area contributed by atoms with Gasteiger partial charge in [-0.05, 0) is 0 Å². The number of halogens is 3. The van der Waals surface area contributed by atoms with Crippen LogP contribution in [0.25, 0.3) is 0 Å². The van der Waals surface area contributed by atoms with Gasteiger partial charge < -0.3 is 4.74 Å². The summed E-state index contributed by atoms with van der Waals surface area (Å²) in [6.45, 7) is 0.776. The summed E-state index contributed by atoms with van der Waals surface area (Å²) in [6.07, 6.45) is -5.45. The maximum atomic E-state index is 11.5. The van der Waals surface area contributed by atoms with Crippen LogP contribution in [0.2, 0.25) is 0 Å². The third-order valence-electron chi connectivity index (χ3n) is 0.812. The normalized spacial score (nSPS) is 27.2. The van der Waals surface area contributed by atoms with E-state index in [2.05, 4.69) is 9.73 Å². The standard InChI is InChI=1S/C4H3F3NO/c5-4(6,7)3-1-8-2-9-3/h1-3H. The van der Waals surface area contributed by atoms with Crippen LogP contribution in [0.4, 0.5) is 13.2 Å². The first-order chi connectivity index (χ1) is 4.11. The Kier molecular flexibility index (Phi) is 1.44. The molecule has 1 radical (unpaired) electrons. The molecular formula is C4H3F3NO. The van der Waals surface area contributed by atoms with Crippen molar-refractivity contribution in [1.82, 2.24) is 0 Å². The molecule has 1 heterocycles. The van der Waals surface area contributed by atoms with Crippen molar-refractivity contribution in [2.45, 2.75) is 12.3 Å². The van der Waals surface area contributed by atoms with E-state index in [-0.39, 0.29) is 0 Å². The second kappa shape index (κ2) is 1.98. The van der Waals surface area contributed by atoms with E-state index < -0.39 is 12.3 Å². The van der Waals surface area contributed by atoms with E-state index in [0.29, 0.717) is 6.21 Å². The zero-order chi connectivity index (χ0) is 6.91. The Morgan fingerprint density at radius 1 is 1.44 bits per heavy atom. The van der Waals surface area contributed by atoms with Crippen molar-refractivity contribution in [2.75, 3.05) is 0 Å². The zero-order valence-corrected chi connectivity index (χ0v) is 4.22. The van der Waals surface area contributed by atoms with Gasteiger partial charge in [0, 0.05) is 6.21 Å². The number of hydrogen-bond acceptors (Lipinski definition) is 2. The molecule has 0 saturated carbocycles. The van der Waals surface area contributed by atoms with Gasteiger partial charge in [0.05, 0.1) is 0 Å². The predicted octanol–water partition coefficient (Wildman–Crippen LogP) is 1.14. The van der Waals surface area contributed by atoms with E-state index >= 15 is 0 Å². The molecule has 0 fully saturated rings. The van der Waals surface area contributed by atoms with E-state index in [1.54, 1.807) is 0 Å².